The van der Waals surface area contributed by atoms with Gasteiger partial charge in [0.2, 0.25) is 0 Å². The Hall–Kier alpha value is -4.74. The van der Waals surface area contributed by atoms with Crippen molar-refractivity contribution < 1.29 is 9.90 Å². The third kappa shape index (κ3) is 4.87. The molecule has 0 saturated carbocycles. The molecule has 1 aliphatic carbocycles. The van der Waals surface area contributed by atoms with Crippen LogP contribution in [0.3, 0.4) is 0 Å². The fourth-order valence-corrected chi connectivity index (χ4v) is 9.52. The lowest BCUT2D eigenvalue weighted by atomic mass is 9.84. The van der Waals surface area contributed by atoms with Crippen LogP contribution in [-0.2, 0) is 10.2 Å². The van der Waals surface area contributed by atoms with Crippen LogP contribution in [0, 0.1) is 11.3 Å². The summed E-state index contributed by atoms with van der Waals surface area (Å²) in [6.07, 6.45) is 1.48. The number of carboxylic acid groups (broad SMARTS) is 1. The summed E-state index contributed by atoms with van der Waals surface area (Å²) in [6, 6.07) is 40.1. The van der Waals surface area contributed by atoms with Crippen molar-refractivity contribution in [1.82, 2.24) is 0 Å². The highest BCUT2D eigenvalue weighted by atomic mass is 32.1. The summed E-state index contributed by atoms with van der Waals surface area (Å²) in [6.45, 7) is 4.43. The molecular weight excluding hydrogens is 601 g/mol. The molecule has 3 aromatic heterocycles. The Kier molecular flexibility index (Phi) is 7.06. The van der Waals surface area contributed by atoms with Gasteiger partial charge < -0.3 is 10.0 Å². The first kappa shape index (κ1) is 28.1. The van der Waals surface area contributed by atoms with Crippen LogP contribution < -0.4 is 4.90 Å². The van der Waals surface area contributed by atoms with Gasteiger partial charge in [0.15, 0.2) is 0 Å². The van der Waals surface area contributed by atoms with E-state index in [0.29, 0.717) is 0 Å². The first-order chi connectivity index (χ1) is 21.3. The lowest BCUT2D eigenvalue weighted by Crippen LogP contribution is -2.13. The Morgan fingerprint density at radius 1 is 0.727 bits per heavy atom. The van der Waals surface area contributed by atoms with Crippen molar-refractivity contribution in [2.45, 2.75) is 19.3 Å². The van der Waals surface area contributed by atoms with Crippen LogP contribution in [0.1, 0.15) is 29.9 Å². The molecule has 7 heteroatoms. The molecule has 0 amide bonds. The number of hydrogen-bond acceptors (Lipinski definition) is 6. The van der Waals surface area contributed by atoms with Crippen molar-refractivity contribution in [2.24, 2.45) is 0 Å². The van der Waals surface area contributed by atoms with E-state index in [9.17, 15) is 15.2 Å². The predicted molar refractivity (Wildman–Crippen MR) is 184 cm³/mol. The number of carboxylic acids is 1. The molecule has 214 valence electrons. The smallest absolute Gasteiger partial charge is 0.346 e. The molecule has 44 heavy (non-hydrogen) atoms. The number of aliphatic carboxylic acids is 1. The van der Waals surface area contributed by atoms with Crippen LogP contribution in [0.15, 0.2) is 115 Å². The monoisotopic (exact) mass is 626 g/mol. The summed E-state index contributed by atoms with van der Waals surface area (Å²) >= 11 is 5.14. The molecule has 3 aromatic carbocycles. The van der Waals surface area contributed by atoms with Crippen molar-refractivity contribution in [3.05, 3.63) is 131 Å². The quantitative estimate of drug-likeness (QED) is 0.141. The van der Waals surface area contributed by atoms with Crippen molar-refractivity contribution >= 4 is 63.1 Å². The molecule has 0 fully saturated rings. The van der Waals surface area contributed by atoms with E-state index in [0.717, 1.165) is 21.9 Å². The maximum Gasteiger partial charge on any atom is 0.346 e. The Balaban J connectivity index is 1.18. The lowest BCUT2D eigenvalue weighted by Gasteiger charge is -2.25. The molecule has 0 saturated heterocycles. The standard InChI is InChI=1S/C37H26N2O2S3/c1-37(2)29-20-28(19-24(22-38)36(40)41)42-34(29)35-30(37)21-33(44-35)32-18-17-31(43-32)23-13-15-27(16-14-23)39(25-9-5-3-6-10-25)26-11-7-4-8-12-26/h3-21H,1-2H3,(H,40,41)/b24-19+. The van der Waals surface area contributed by atoms with Crippen molar-refractivity contribution in [1.29, 1.82) is 5.26 Å². The molecule has 0 atom stereocenters. The highest BCUT2D eigenvalue weighted by molar-refractivity contribution is 7.27. The maximum absolute atomic E-state index is 11.4. The normalized spacial score (nSPS) is 13.2. The number of anilines is 3. The summed E-state index contributed by atoms with van der Waals surface area (Å²) < 4.78 is 0. The summed E-state index contributed by atoms with van der Waals surface area (Å²) in [7, 11) is 0. The van der Waals surface area contributed by atoms with Crippen molar-refractivity contribution in [2.75, 3.05) is 4.90 Å². The van der Waals surface area contributed by atoms with Gasteiger partial charge in [-0.15, -0.1) is 34.0 Å². The number of hydrogen-bond donors (Lipinski definition) is 1. The van der Waals surface area contributed by atoms with Gasteiger partial charge in [0.05, 0.1) is 0 Å². The number of carbonyl (C=O) groups is 1. The van der Waals surface area contributed by atoms with E-state index in [1.165, 1.54) is 47.2 Å². The molecule has 0 aliphatic heterocycles. The summed E-state index contributed by atoms with van der Waals surface area (Å²) in [5.74, 6) is -1.20. The molecule has 1 N–H and O–H groups in total. The summed E-state index contributed by atoms with van der Waals surface area (Å²) in [4.78, 5) is 20.5. The largest absolute Gasteiger partial charge is 0.477 e. The lowest BCUT2D eigenvalue weighted by molar-refractivity contribution is -0.132. The second-order valence-corrected chi connectivity index (χ2v) is 14.3. The van der Waals surface area contributed by atoms with Gasteiger partial charge in [0.1, 0.15) is 11.6 Å². The first-order valence-corrected chi connectivity index (χ1v) is 16.5. The van der Waals surface area contributed by atoms with Crippen molar-refractivity contribution in [3.8, 4) is 36.0 Å². The van der Waals surface area contributed by atoms with Gasteiger partial charge in [-0.3, -0.25) is 0 Å². The average Bonchev–Trinajstić information content (AvgIpc) is 3.82. The van der Waals surface area contributed by atoms with Crippen LogP contribution in [0.4, 0.5) is 17.1 Å². The van der Waals surface area contributed by atoms with Gasteiger partial charge in [-0.2, -0.15) is 5.26 Å². The van der Waals surface area contributed by atoms with Gasteiger partial charge in [-0.1, -0.05) is 62.4 Å². The topological polar surface area (TPSA) is 64.3 Å². The third-order valence-electron chi connectivity index (χ3n) is 7.96. The van der Waals surface area contributed by atoms with Crippen molar-refractivity contribution in [3.63, 3.8) is 0 Å². The maximum atomic E-state index is 11.4. The second kappa shape index (κ2) is 11.1. The first-order valence-electron chi connectivity index (χ1n) is 14.1. The number of rotatable bonds is 7. The number of para-hydroxylation sites is 2. The molecular formula is C37H26N2O2S3. The van der Waals surface area contributed by atoms with Gasteiger partial charge in [0.25, 0.3) is 0 Å². The molecule has 4 nitrogen and oxygen atoms in total. The third-order valence-corrected chi connectivity index (χ3v) is 11.7. The molecule has 7 rings (SSSR count). The van der Waals surface area contributed by atoms with Crippen LogP contribution in [-0.4, -0.2) is 11.1 Å². The number of fused-ring (bicyclic) bond motifs is 3. The SMILES string of the molecule is CC1(C)c2cc(/C=C(\C#N)C(=O)O)sc2-c2sc(-c3ccc(-c4ccc(N(c5ccccc5)c5ccccc5)cc4)s3)cc21. The van der Waals surface area contributed by atoms with Gasteiger partial charge in [-0.05, 0) is 83.4 Å². The second-order valence-electron chi connectivity index (χ2n) is 11.1. The Morgan fingerprint density at radius 2 is 1.30 bits per heavy atom. The van der Waals surface area contributed by atoms with Gasteiger partial charge >= 0.3 is 5.97 Å². The number of nitrogens with zero attached hydrogens (tertiary/aromatic N) is 2. The van der Waals surface area contributed by atoms with E-state index in [1.807, 2.05) is 18.2 Å². The molecule has 3 heterocycles. The number of benzene rings is 3. The summed E-state index contributed by atoms with van der Waals surface area (Å²) in [5.41, 5.74) is 6.56. The predicted octanol–water partition coefficient (Wildman–Crippen LogP) is 11.0. The summed E-state index contributed by atoms with van der Waals surface area (Å²) in [5, 5.41) is 18.5. The molecule has 0 unspecified atom stereocenters. The van der Waals surface area contributed by atoms with Crippen LogP contribution in [0.25, 0.3) is 36.0 Å². The Bertz CT molecular complexity index is 2040. The fraction of sp³-hybridized carbons (Fsp3) is 0.0811. The minimum atomic E-state index is -1.20. The molecule has 0 bridgehead atoms. The van der Waals surface area contributed by atoms with Gasteiger partial charge in [-0.25, -0.2) is 4.79 Å². The van der Waals surface area contributed by atoms with E-state index in [2.05, 4.69) is 110 Å². The highest BCUT2D eigenvalue weighted by Crippen LogP contribution is 2.57. The zero-order valence-corrected chi connectivity index (χ0v) is 26.4. The zero-order chi connectivity index (χ0) is 30.4. The van der Waals surface area contributed by atoms with E-state index >= 15 is 0 Å². The van der Waals surface area contributed by atoms with E-state index in [4.69, 9.17) is 0 Å². The van der Waals surface area contributed by atoms with E-state index < -0.39 is 5.97 Å². The minimum absolute atomic E-state index is 0.197. The number of thiophene rings is 3. The van der Waals surface area contributed by atoms with E-state index in [-0.39, 0.29) is 11.0 Å². The molecule has 0 radical (unpaired) electrons. The molecule has 6 aromatic rings. The van der Waals surface area contributed by atoms with Crippen LogP contribution in [0.5, 0.6) is 0 Å². The van der Waals surface area contributed by atoms with Crippen LogP contribution >= 0.6 is 34.0 Å². The average molecular weight is 627 g/mol. The zero-order valence-electron chi connectivity index (χ0n) is 23.9. The highest BCUT2D eigenvalue weighted by Gasteiger charge is 2.39. The van der Waals surface area contributed by atoms with E-state index in [1.54, 1.807) is 40.1 Å². The number of nitriles is 1. The fourth-order valence-electron chi connectivity index (χ4n) is 5.69. The molecule has 0 spiro atoms. The minimum Gasteiger partial charge on any atom is -0.477 e. The van der Waals surface area contributed by atoms with Gasteiger partial charge in [0, 0.05) is 51.7 Å². The van der Waals surface area contributed by atoms with Crippen LogP contribution in [0.2, 0.25) is 0 Å². The molecule has 1 aliphatic rings. The Labute approximate surface area is 268 Å². The Morgan fingerprint density at radius 3 is 1.91 bits per heavy atom.